The number of carbonyl (C=O) groups is 1. The molecule has 1 aliphatic rings. The predicted octanol–water partition coefficient (Wildman–Crippen LogP) is 4.58. The van der Waals surface area contributed by atoms with E-state index < -0.39 is 10.0 Å². The second-order valence-corrected chi connectivity index (χ2v) is 10.1. The molecule has 3 aromatic carbocycles. The topological polar surface area (TPSA) is 84.3 Å². The lowest BCUT2D eigenvalue weighted by Gasteiger charge is -2.15. The molecule has 34 heavy (non-hydrogen) atoms. The Labute approximate surface area is 198 Å². The Morgan fingerprint density at radius 3 is 2.09 bits per heavy atom. The van der Waals surface area contributed by atoms with Crippen molar-refractivity contribution in [3.8, 4) is 16.9 Å². The van der Waals surface area contributed by atoms with E-state index in [0.717, 1.165) is 24.1 Å². The van der Waals surface area contributed by atoms with Crippen LogP contribution in [0.1, 0.15) is 23.2 Å². The van der Waals surface area contributed by atoms with Crippen LogP contribution in [0.5, 0.6) is 0 Å². The summed E-state index contributed by atoms with van der Waals surface area (Å²) in [6.07, 6.45) is 3.47. The van der Waals surface area contributed by atoms with Gasteiger partial charge in [0, 0.05) is 30.5 Å². The van der Waals surface area contributed by atoms with Crippen LogP contribution in [0.3, 0.4) is 0 Å². The third-order valence-corrected chi connectivity index (χ3v) is 7.75. The number of sulfonamides is 1. The molecule has 1 aromatic heterocycles. The molecule has 1 amide bonds. The standard InChI is InChI=1S/C26H24N4O3S/c31-26(27-21-13-15-23(16-14-21)34(32,33)29-17-7-8-18-29)24-19-30(22-11-5-2-6-12-22)28-25(24)20-9-3-1-4-10-20/h1-6,9-16,19H,7-8,17-18H2,(H,27,31). The van der Waals surface area contributed by atoms with E-state index in [-0.39, 0.29) is 10.8 Å². The van der Waals surface area contributed by atoms with E-state index in [1.54, 1.807) is 23.0 Å². The van der Waals surface area contributed by atoms with Crippen molar-refractivity contribution in [1.82, 2.24) is 14.1 Å². The molecular formula is C26H24N4O3S. The molecule has 0 radical (unpaired) electrons. The molecule has 172 valence electrons. The molecule has 1 saturated heterocycles. The molecule has 1 N–H and O–H groups in total. The van der Waals surface area contributed by atoms with Crippen LogP contribution in [0.25, 0.3) is 16.9 Å². The highest BCUT2D eigenvalue weighted by Crippen LogP contribution is 2.26. The van der Waals surface area contributed by atoms with Crippen molar-refractivity contribution in [3.05, 3.63) is 96.7 Å². The molecule has 7 nitrogen and oxygen atoms in total. The summed E-state index contributed by atoms with van der Waals surface area (Å²) < 4.78 is 28.7. The zero-order chi connectivity index (χ0) is 23.5. The summed E-state index contributed by atoms with van der Waals surface area (Å²) in [5, 5.41) is 7.56. The highest BCUT2D eigenvalue weighted by molar-refractivity contribution is 7.89. The lowest BCUT2D eigenvalue weighted by molar-refractivity contribution is 0.102. The number of aromatic nitrogens is 2. The molecular weight excluding hydrogens is 448 g/mol. The monoisotopic (exact) mass is 472 g/mol. The van der Waals surface area contributed by atoms with Gasteiger partial charge in [-0.05, 0) is 49.2 Å². The highest BCUT2D eigenvalue weighted by Gasteiger charge is 2.27. The number of nitrogens with zero attached hydrogens (tertiary/aromatic N) is 3. The molecule has 2 heterocycles. The van der Waals surface area contributed by atoms with E-state index in [0.29, 0.717) is 30.0 Å². The summed E-state index contributed by atoms with van der Waals surface area (Å²) in [6.45, 7) is 1.10. The normalized spacial score (nSPS) is 14.2. The van der Waals surface area contributed by atoms with Gasteiger partial charge in [0.15, 0.2) is 0 Å². The first-order valence-corrected chi connectivity index (χ1v) is 12.6. The van der Waals surface area contributed by atoms with Gasteiger partial charge in [-0.3, -0.25) is 4.79 Å². The molecule has 5 rings (SSSR count). The van der Waals surface area contributed by atoms with Crippen LogP contribution in [-0.4, -0.2) is 41.5 Å². The minimum Gasteiger partial charge on any atom is -0.322 e. The smallest absolute Gasteiger partial charge is 0.259 e. The molecule has 0 aliphatic carbocycles. The summed E-state index contributed by atoms with van der Waals surface area (Å²) in [5.74, 6) is -0.323. The van der Waals surface area contributed by atoms with Crippen LogP contribution < -0.4 is 5.32 Å². The number of rotatable bonds is 6. The third kappa shape index (κ3) is 4.37. The Bertz CT molecular complexity index is 1390. The lowest BCUT2D eigenvalue weighted by Crippen LogP contribution is -2.27. The number of amides is 1. The molecule has 8 heteroatoms. The number of anilines is 1. The summed E-state index contributed by atoms with van der Waals surface area (Å²) in [7, 11) is -3.50. The number of hydrogen-bond donors (Lipinski definition) is 1. The average molecular weight is 473 g/mol. The Morgan fingerprint density at radius 2 is 1.44 bits per heavy atom. The number of para-hydroxylation sites is 1. The van der Waals surface area contributed by atoms with Crippen molar-refractivity contribution in [2.24, 2.45) is 0 Å². The fourth-order valence-corrected chi connectivity index (χ4v) is 5.57. The first kappa shape index (κ1) is 22.1. The first-order valence-electron chi connectivity index (χ1n) is 11.1. The van der Waals surface area contributed by atoms with E-state index in [1.165, 1.54) is 16.4 Å². The maximum absolute atomic E-state index is 13.3. The molecule has 0 bridgehead atoms. The summed E-state index contributed by atoms with van der Waals surface area (Å²) >= 11 is 0. The number of nitrogens with one attached hydrogen (secondary N) is 1. The van der Waals surface area contributed by atoms with Crippen molar-refractivity contribution in [2.45, 2.75) is 17.7 Å². The van der Waals surface area contributed by atoms with Gasteiger partial charge in [0.2, 0.25) is 10.0 Å². The fraction of sp³-hybridized carbons (Fsp3) is 0.154. The Kier molecular flexibility index (Phi) is 6.00. The second kappa shape index (κ2) is 9.24. The molecule has 1 fully saturated rings. The molecule has 1 aliphatic heterocycles. The Balaban J connectivity index is 1.43. The summed E-state index contributed by atoms with van der Waals surface area (Å²) in [6, 6.07) is 25.4. The van der Waals surface area contributed by atoms with E-state index >= 15 is 0 Å². The lowest BCUT2D eigenvalue weighted by atomic mass is 10.1. The molecule has 0 saturated carbocycles. The van der Waals surface area contributed by atoms with Gasteiger partial charge >= 0.3 is 0 Å². The van der Waals surface area contributed by atoms with Crippen molar-refractivity contribution < 1.29 is 13.2 Å². The largest absolute Gasteiger partial charge is 0.322 e. The Hall–Kier alpha value is -3.75. The number of benzene rings is 3. The van der Waals surface area contributed by atoms with E-state index in [9.17, 15) is 13.2 Å². The van der Waals surface area contributed by atoms with Gasteiger partial charge in [0.05, 0.1) is 16.1 Å². The molecule has 0 atom stereocenters. The van der Waals surface area contributed by atoms with E-state index in [4.69, 9.17) is 0 Å². The van der Waals surface area contributed by atoms with Gasteiger partial charge in [0.25, 0.3) is 5.91 Å². The molecule has 0 unspecified atom stereocenters. The summed E-state index contributed by atoms with van der Waals surface area (Å²) in [4.78, 5) is 13.5. The van der Waals surface area contributed by atoms with Gasteiger partial charge in [-0.25, -0.2) is 13.1 Å². The van der Waals surface area contributed by atoms with Crippen LogP contribution in [0.15, 0.2) is 96.0 Å². The number of hydrogen-bond acceptors (Lipinski definition) is 4. The van der Waals surface area contributed by atoms with Crippen molar-refractivity contribution >= 4 is 21.6 Å². The van der Waals surface area contributed by atoms with Crippen LogP contribution in [0, 0.1) is 0 Å². The third-order valence-electron chi connectivity index (χ3n) is 5.84. The zero-order valence-corrected chi connectivity index (χ0v) is 19.3. The quantitative estimate of drug-likeness (QED) is 0.445. The van der Waals surface area contributed by atoms with Gasteiger partial charge in [-0.2, -0.15) is 9.40 Å². The SMILES string of the molecule is O=C(Nc1ccc(S(=O)(=O)N2CCCC2)cc1)c1cn(-c2ccccc2)nc1-c1ccccc1. The van der Waals surface area contributed by atoms with Gasteiger partial charge in [0.1, 0.15) is 5.69 Å². The van der Waals surface area contributed by atoms with Crippen molar-refractivity contribution in [1.29, 1.82) is 0 Å². The molecule has 0 spiro atoms. The zero-order valence-electron chi connectivity index (χ0n) is 18.5. The van der Waals surface area contributed by atoms with Crippen molar-refractivity contribution in [3.63, 3.8) is 0 Å². The van der Waals surface area contributed by atoms with Crippen molar-refractivity contribution in [2.75, 3.05) is 18.4 Å². The van der Waals surface area contributed by atoms with Gasteiger partial charge in [-0.15, -0.1) is 0 Å². The minimum atomic E-state index is -3.50. The minimum absolute atomic E-state index is 0.231. The van der Waals surface area contributed by atoms with Crippen LogP contribution >= 0.6 is 0 Å². The average Bonchev–Trinajstić information content (AvgIpc) is 3.57. The number of carbonyl (C=O) groups excluding carboxylic acids is 1. The fourth-order valence-electron chi connectivity index (χ4n) is 4.05. The second-order valence-electron chi connectivity index (χ2n) is 8.13. The maximum Gasteiger partial charge on any atom is 0.259 e. The van der Waals surface area contributed by atoms with Crippen LogP contribution in [0.4, 0.5) is 5.69 Å². The van der Waals surface area contributed by atoms with Gasteiger partial charge in [-0.1, -0.05) is 48.5 Å². The maximum atomic E-state index is 13.3. The van der Waals surface area contributed by atoms with E-state index in [2.05, 4.69) is 10.4 Å². The highest BCUT2D eigenvalue weighted by atomic mass is 32.2. The summed E-state index contributed by atoms with van der Waals surface area (Å²) in [5.41, 5.74) is 3.17. The predicted molar refractivity (Wildman–Crippen MR) is 131 cm³/mol. The molecule has 4 aromatic rings. The van der Waals surface area contributed by atoms with Crippen LogP contribution in [0.2, 0.25) is 0 Å². The Morgan fingerprint density at radius 1 is 0.824 bits per heavy atom. The van der Waals surface area contributed by atoms with Gasteiger partial charge < -0.3 is 5.32 Å². The van der Waals surface area contributed by atoms with Crippen LogP contribution in [-0.2, 0) is 10.0 Å². The van der Waals surface area contributed by atoms with E-state index in [1.807, 2.05) is 60.7 Å². The first-order chi connectivity index (χ1) is 16.5.